The van der Waals surface area contributed by atoms with Gasteiger partial charge in [0.15, 0.2) is 0 Å². The smallest absolute Gasteiger partial charge is 0.0558 e. The predicted octanol–water partition coefficient (Wildman–Crippen LogP) is 1.96. The third kappa shape index (κ3) is 2.45. The van der Waals surface area contributed by atoms with Gasteiger partial charge in [0, 0.05) is 24.3 Å². The Labute approximate surface area is 103 Å². The molecule has 0 fully saturated rings. The molecule has 0 bridgehead atoms. The Hall–Kier alpha value is -1.06. The van der Waals surface area contributed by atoms with Gasteiger partial charge in [-0.15, -0.1) is 0 Å². The fourth-order valence-electron chi connectivity index (χ4n) is 2.85. The first-order valence-corrected chi connectivity index (χ1v) is 6.38. The van der Waals surface area contributed by atoms with Gasteiger partial charge in [-0.3, -0.25) is 4.90 Å². The van der Waals surface area contributed by atoms with Crippen LogP contribution in [0.25, 0.3) is 0 Å². The van der Waals surface area contributed by atoms with Crippen molar-refractivity contribution in [2.45, 2.75) is 38.8 Å². The first-order valence-electron chi connectivity index (χ1n) is 6.38. The minimum Gasteiger partial charge on any atom is -0.399 e. The molecule has 3 N–H and O–H groups in total. The Morgan fingerprint density at radius 2 is 2.24 bits per heavy atom. The van der Waals surface area contributed by atoms with E-state index >= 15 is 0 Å². The molecule has 3 heteroatoms. The van der Waals surface area contributed by atoms with E-state index in [1.54, 1.807) is 0 Å². The molecule has 1 aliphatic carbocycles. The highest BCUT2D eigenvalue weighted by Crippen LogP contribution is 2.37. The molecule has 17 heavy (non-hydrogen) atoms. The predicted molar refractivity (Wildman–Crippen MR) is 70.8 cm³/mol. The van der Waals surface area contributed by atoms with Crippen LogP contribution in [0.2, 0.25) is 0 Å². The third-order valence-corrected chi connectivity index (χ3v) is 3.63. The second kappa shape index (κ2) is 5.07. The number of nitrogens with zero attached hydrogens (tertiary/aromatic N) is 1. The molecule has 3 nitrogen and oxygen atoms in total. The van der Waals surface area contributed by atoms with E-state index < -0.39 is 0 Å². The first-order chi connectivity index (χ1) is 8.13. The maximum Gasteiger partial charge on any atom is 0.0558 e. The molecule has 0 heterocycles. The van der Waals surface area contributed by atoms with Crippen LogP contribution in [-0.4, -0.2) is 29.2 Å². The van der Waals surface area contributed by atoms with Gasteiger partial charge in [-0.05, 0) is 49.9 Å². The molecule has 0 aromatic heterocycles. The van der Waals surface area contributed by atoms with E-state index in [-0.39, 0.29) is 6.61 Å². The summed E-state index contributed by atoms with van der Waals surface area (Å²) in [6.45, 7) is 5.33. The van der Waals surface area contributed by atoms with Crippen molar-refractivity contribution in [1.29, 1.82) is 0 Å². The highest BCUT2D eigenvalue weighted by Gasteiger charge is 2.28. The van der Waals surface area contributed by atoms with Gasteiger partial charge in [0.25, 0.3) is 0 Å². The van der Waals surface area contributed by atoms with Crippen LogP contribution in [0, 0.1) is 0 Å². The van der Waals surface area contributed by atoms with Gasteiger partial charge < -0.3 is 10.8 Å². The van der Waals surface area contributed by atoms with Crippen molar-refractivity contribution in [2.75, 3.05) is 18.9 Å². The van der Waals surface area contributed by atoms with Crippen molar-refractivity contribution in [3.05, 3.63) is 29.3 Å². The highest BCUT2D eigenvalue weighted by molar-refractivity contribution is 5.47. The van der Waals surface area contributed by atoms with Gasteiger partial charge in [-0.2, -0.15) is 0 Å². The van der Waals surface area contributed by atoms with Crippen molar-refractivity contribution in [3.63, 3.8) is 0 Å². The summed E-state index contributed by atoms with van der Waals surface area (Å²) in [4.78, 5) is 2.38. The number of nitrogen functional groups attached to an aromatic ring is 1. The van der Waals surface area contributed by atoms with Crippen LogP contribution in [-0.2, 0) is 6.42 Å². The molecule has 0 amide bonds. The van der Waals surface area contributed by atoms with Crippen molar-refractivity contribution in [1.82, 2.24) is 4.90 Å². The average molecular weight is 234 g/mol. The second-order valence-electron chi connectivity index (χ2n) is 5.07. The summed E-state index contributed by atoms with van der Waals surface area (Å²) in [5.74, 6) is 0. The van der Waals surface area contributed by atoms with E-state index in [1.807, 2.05) is 6.07 Å². The van der Waals surface area contributed by atoms with Gasteiger partial charge >= 0.3 is 0 Å². The lowest BCUT2D eigenvalue weighted by Crippen LogP contribution is -2.36. The summed E-state index contributed by atoms with van der Waals surface area (Å²) < 4.78 is 0. The zero-order valence-corrected chi connectivity index (χ0v) is 10.7. The van der Waals surface area contributed by atoms with E-state index in [4.69, 9.17) is 5.73 Å². The Balaban J connectivity index is 2.25. The molecule has 0 saturated carbocycles. The molecule has 1 aliphatic rings. The molecule has 0 aliphatic heterocycles. The quantitative estimate of drug-likeness (QED) is 0.783. The largest absolute Gasteiger partial charge is 0.399 e. The van der Waals surface area contributed by atoms with Gasteiger partial charge in [0.2, 0.25) is 0 Å². The standard InChI is InChI=1S/C14H22N2O/c1-10(2)16(7-8-17)14-6-3-11-9-12(15)4-5-13(11)14/h4-5,9-10,14,17H,3,6-8,15H2,1-2H3. The molecule has 0 saturated heterocycles. The number of nitrogens with two attached hydrogens (primary N) is 1. The Bertz CT molecular complexity index is 390. The minimum absolute atomic E-state index is 0.221. The van der Waals surface area contributed by atoms with Gasteiger partial charge in [0.1, 0.15) is 0 Å². The molecule has 94 valence electrons. The average Bonchev–Trinajstić information content (AvgIpc) is 2.68. The van der Waals surface area contributed by atoms with Crippen LogP contribution in [0.3, 0.4) is 0 Å². The molecule has 1 aromatic carbocycles. The van der Waals surface area contributed by atoms with Crippen molar-refractivity contribution in [2.24, 2.45) is 0 Å². The maximum absolute atomic E-state index is 9.18. The molecule has 2 rings (SSSR count). The number of aliphatic hydroxyl groups is 1. The molecule has 0 radical (unpaired) electrons. The molecular weight excluding hydrogens is 212 g/mol. The zero-order chi connectivity index (χ0) is 12.4. The Morgan fingerprint density at radius 3 is 2.88 bits per heavy atom. The van der Waals surface area contributed by atoms with E-state index in [9.17, 15) is 5.11 Å². The lowest BCUT2D eigenvalue weighted by atomic mass is 10.0. The summed E-state index contributed by atoms with van der Waals surface area (Å²) in [5, 5.41) is 9.18. The summed E-state index contributed by atoms with van der Waals surface area (Å²) in [5.41, 5.74) is 9.43. The first kappa shape index (κ1) is 12.4. The van der Waals surface area contributed by atoms with E-state index in [0.717, 1.165) is 25.1 Å². The Morgan fingerprint density at radius 1 is 1.47 bits per heavy atom. The van der Waals surface area contributed by atoms with Crippen LogP contribution < -0.4 is 5.73 Å². The number of hydrogen-bond acceptors (Lipinski definition) is 3. The molecular formula is C14H22N2O. The molecule has 1 aromatic rings. The van der Waals surface area contributed by atoms with Crippen LogP contribution >= 0.6 is 0 Å². The molecule has 0 spiro atoms. The lowest BCUT2D eigenvalue weighted by molar-refractivity contribution is 0.118. The minimum atomic E-state index is 0.221. The fourth-order valence-corrected chi connectivity index (χ4v) is 2.85. The number of aryl methyl sites for hydroxylation is 1. The van der Waals surface area contributed by atoms with Crippen LogP contribution in [0.4, 0.5) is 5.69 Å². The number of fused-ring (bicyclic) bond motifs is 1. The number of benzene rings is 1. The van der Waals surface area contributed by atoms with Crippen LogP contribution in [0.1, 0.15) is 37.4 Å². The fraction of sp³-hybridized carbons (Fsp3) is 0.571. The molecule has 1 atom stereocenters. The van der Waals surface area contributed by atoms with Crippen molar-refractivity contribution < 1.29 is 5.11 Å². The lowest BCUT2D eigenvalue weighted by Gasteiger charge is -2.32. The van der Waals surface area contributed by atoms with Crippen molar-refractivity contribution in [3.8, 4) is 0 Å². The van der Waals surface area contributed by atoms with Crippen molar-refractivity contribution >= 4 is 5.69 Å². The van der Waals surface area contributed by atoms with E-state index in [2.05, 4.69) is 30.9 Å². The van der Waals surface area contributed by atoms with Crippen LogP contribution in [0.15, 0.2) is 18.2 Å². The summed E-state index contributed by atoms with van der Waals surface area (Å²) >= 11 is 0. The van der Waals surface area contributed by atoms with E-state index in [0.29, 0.717) is 12.1 Å². The SMILES string of the molecule is CC(C)N(CCO)C1CCc2cc(N)ccc21. The van der Waals surface area contributed by atoms with Gasteiger partial charge in [0.05, 0.1) is 6.61 Å². The highest BCUT2D eigenvalue weighted by atomic mass is 16.3. The monoisotopic (exact) mass is 234 g/mol. The maximum atomic E-state index is 9.18. The number of rotatable bonds is 4. The van der Waals surface area contributed by atoms with Gasteiger partial charge in [-0.25, -0.2) is 0 Å². The van der Waals surface area contributed by atoms with Crippen LogP contribution in [0.5, 0.6) is 0 Å². The third-order valence-electron chi connectivity index (χ3n) is 3.63. The number of hydrogen-bond donors (Lipinski definition) is 2. The normalized spacial score (nSPS) is 19.0. The number of aliphatic hydroxyl groups excluding tert-OH is 1. The summed E-state index contributed by atoms with van der Waals surface area (Å²) in [6.07, 6.45) is 2.23. The zero-order valence-electron chi connectivity index (χ0n) is 10.7. The van der Waals surface area contributed by atoms with E-state index in [1.165, 1.54) is 11.1 Å². The van der Waals surface area contributed by atoms with Gasteiger partial charge in [-0.1, -0.05) is 6.07 Å². The summed E-state index contributed by atoms with van der Waals surface area (Å²) in [7, 11) is 0. The number of anilines is 1. The molecule has 1 unspecified atom stereocenters. The summed E-state index contributed by atoms with van der Waals surface area (Å²) in [6, 6.07) is 7.12. The topological polar surface area (TPSA) is 49.5 Å². The second-order valence-corrected chi connectivity index (χ2v) is 5.07. The Kier molecular flexibility index (Phi) is 3.69.